The molecular formula is C26H32N6O5S. The first kappa shape index (κ1) is 27.6. The van der Waals surface area contributed by atoms with Crippen LogP contribution in [0.25, 0.3) is 11.0 Å². The topological polar surface area (TPSA) is 154 Å². The second-order valence-corrected chi connectivity index (χ2v) is 11.6. The van der Waals surface area contributed by atoms with Crippen LogP contribution in [0.4, 0.5) is 0 Å². The summed E-state index contributed by atoms with van der Waals surface area (Å²) in [5.74, 6) is -0.862. The van der Waals surface area contributed by atoms with Crippen LogP contribution in [0.1, 0.15) is 43.6 Å². The Hall–Kier alpha value is -3.48. The molecule has 3 N–H and O–H groups in total. The Balaban J connectivity index is 1.44. The molecule has 0 saturated carbocycles. The number of nitrogens with one attached hydrogen (secondary N) is 2. The van der Waals surface area contributed by atoms with E-state index in [1.807, 2.05) is 19.9 Å². The van der Waals surface area contributed by atoms with Crippen LogP contribution >= 0.6 is 0 Å². The number of pyridine rings is 3. The van der Waals surface area contributed by atoms with Crippen molar-refractivity contribution < 1.29 is 23.1 Å². The van der Waals surface area contributed by atoms with E-state index >= 15 is 0 Å². The zero-order valence-corrected chi connectivity index (χ0v) is 22.1. The highest BCUT2D eigenvalue weighted by atomic mass is 32.2. The predicted molar refractivity (Wildman–Crippen MR) is 140 cm³/mol. The number of carbonyl (C=O) groups is 2. The van der Waals surface area contributed by atoms with Crippen LogP contribution in [-0.2, 0) is 14.8 Å². The fourth-order valence-corrected chi connectivity index (χ4v) is 5.85. The van der Waals surface area contributed by atoms with Crippen molar-refractivity contribution >= 4 is 32.9 Å². The number of aliphatic hydroxyl groups excluding tert-OH is 1. The molecule has 4 rings (SSSR count). The molecule has 1 fully saturated rings. The van der Waals surface area contributed by atoms with Crippen LogP contribution in [0, 0.1) is 5.92 Å². The summed E-state index contributed by atoms with van der Waals surface area (Å²) < 4.78 is 27.2. The molecule has 12 heteroatoms. The Bertz CT molecular complexity index is 1390. The molecule has 0 radical (unpaired) electrons. The van der Waals surface area contributed by atoms with Gasteiger partial charge in [-0.3, -0.25) is 9.59 Å². The molecule has 1 aliphatic rings. The van der Waals surface area contributed by atoms with Crippen molar-refractivity contribution in [3.63, 3.8) is 0 Å². The molecule has 3 aromatic heterocycles. The summed E-state index contributed by atoms with van der Waals surface area (Å²) >= 11 is 0. The van der Waals surface area contributed by atoms with Crippen molar-refractivity contribution in [3.05, 3.63) is 60.6 Å². The monoisotopic (exact) mass is 540 g/mol. The maximum atomic E-state index is 13.3. The van der Waals surface area contributed by atoms with E-state index in [1.165, 1.54) is 16.6 Å². The third-order valence-electron chi connectivity index (χ3n) is 6.37. The number of amides is 2. The van der Waals surface area contributed by atoms with E-state index < -0.39 is 40.0 Å². The molecule has 0 spiro atoms. The average molecular weight is 541 g/mol. The van der Waals surface area contributed by atoms with Gasteiger partial charge < -0.3 is 15.7 Å². The minimum Gasteiger partial charge on any atom is -0.390 e. The zero-order chi connectivity index (χ0) is 27.3. The summed E-state index contributed by atoms with van der Waals surface area (Å²) in [7, 11) is -3.88. The van der Waals surface area contributed by atoms with E-state index in [1.54, 1.807) is 36.5 Å². The summed E-state index contributed by atoms with van der Waals surface area (Å²) in [6.45, 7) is 3.88. The molecule has 0 bridgehead atoms. The van der Waals surface area contributed by atoms with Crippen molar-refractivity contribution in [1.29, 1.82) is 0 Å². The molecule has 3 aromatic rings. The van der Waals surface area contributed by atoms with E-state index in [0.29, 0.717) is 24.9 Å². The first-order chi connectivity index (χ1) is 18.1. The molecule has 11 nitrogen and oxygen atoms in total. The predicted octanol–water partition coefficient (Wildman–Crippen LogP) is 1.50. The molecule has 0 aromatic carbocycles. The number of hydrogen-bond donors (Lipinski definition) is 3. The minimum atomic E-state index is -3.88. The normalized spacial score (nSPS) is 19.6. The van der Waals surface area contributed by atoms with Gasteiger partial charge >= 0.3 is 0 Å². The van der Waals surface area contributed by atoms with Gasteiger partial charge in [-0.25, -0.2) is 23.4 Å². The fraction of sp³-hybridized carbons (Fsp3) is 0.423. The van der Waals surface area contributed by atoms with Gasteiger partial charge in [-0.05, 0) is 61.6 Å². The van der Waals surface area contributed by atoms with E-state index in [9.17, 15) is 23.1 Å². The Kier molecular flexibility index (Phi) is 8.65. The number of aliphatic hydroxyl groups is 1. The van der Waals surface area contributed by atoms with Crippen LogP contribution in [-0.4, -0.2) is 75.9 Å². The molecular weight excluding hydrogens is 508 g/mol. The Morgan fingerprint density at radius 3 is 2.63 bits per heavy atom. The van der Waals surface area contributed by atoms with Crippen molar-refractivity contribution in [1.82, 2.24) is 29.9 Å². The van der Waals surface area contributed by atoms with E-state index in [2.05, 4.69) is 25.6 Å². The smallest absolute Gasteiger partial charge is 0.270 e. The highest BCUT2D eigenvalue weighted by Gasteiger charge is 2.35. The number of aromatic nitrogens is 3. The highest BCUT2D eigenvalue weighted by molar-refractivity contribution is 7.89. The standard InChI is InChI=1S/C26H32N6O5S/c1-17(2)15-21(31-25(34)20-11-10-18-7-5-13-28-24(18)29-20)26(35)30-19-8-6-14-32(16-22(19)33)38(36,37)23-9-3-4-12-27-23/h3-5,7,9-13,17,19,21-22,33H,6,8,14-16H2,1-2H3,(H,30,35)(H,31,34)/t19?,21-,22?/m0/s1. The number of fused-ring (bicyclic) bond motifs is 1. The molecule has 38 heavy (non-hydrogen) atoms. The first-order valence-electron chi connectivity index (χ1n) is 12.6. The Morgan fingerprint density at radius 1 is 1.11 bits per heavy atom. The van der Waals surface area contributed by atoms with E-state index in [4.69, 9.17) is 0 Å². The van der Waals surface area contributed by atoms with Crippen LogP contribution in [0.3, 0.4) is 0 Å². The van der Waals surface area contributed by atoms with Crippen LogP contribution in [0.5, 0.6) is 0 Å². The number of carbonyl (C=O) groups excluding carboxylic acids is 2. The van der Waals surface area contributed by atoms with Gasteiger partial charge in [0.15, 0.2) is 10.7 Å². The van der Waals surface area contributed by atoms with Crippen molar-refractivity contribution in [2.45, 2.75) is 56.3 Å². The molecule has 3 atom stereocenters. The van der Waals surface area contributed by atoms with Crippen LogP contribution < -0.4 is 10.6 Å². The van der Waals surface area contributed by atoms with Gasteiger partial charge in [-0.15, -0.1) is 0 Å². The average Bonchev–Trinajstić information content (AvgIpc) is 3.09. The van der Waals surface area contributed by atoms with Crippen LogP contribution in [0.2, 0.25) is 0 Å². The maximum Gasteiger partial charge on any atom is 0.270 e. The molecule has 202 valence electrons. The summed E-state index contributed by atoms with van der Waals surface area (Å²) in [6.07, 6.45) is 3.03. The van der Waals surface area contributed by atoms with Crippen LogP contribution in [0.15, 0.2) is 59.9 Å². The summed E-state index contributed by atoms with van der Waals surface area (Å²) in [5, 5.41) is 17.2. The first-order valence-corrected chi connectivity index (χ1v) is 14.0. The van der Waals surface area contributed by atoms with Gasteiger partial charge in [-0.1, -0.05) is 19.9 Å². The number of nitrogens with zero attached hydrogens (tertiary/aromatic N) is 4. The minimum absolute atomic E-state index is 0.0908. The maximum absolute atomic E-state index is 13.3. The third kappa shape index (κ3) is 6.50. The van der Waals surface area contributed by atoms with Gasteiger partial charge in [0.25, 0.3) is 15.9 Å². The van der Waals surface area contributed by atoms with Gasteiger partial charge in [-0.2, -0.15) is 4.31 Å². The number of sulfonamides is 1. The molecule has 4 heterocycles. The number of hydrogen-bond acceptors (Lipinski definition) is 8. The lowest BCUT2D eigenvalue weighted by atomic mass is 10.0. The molecule has 0 aliphatic carbocycles. The quantitative estimate of drug-likeness (QED) is 0.388. The van der Waals surface area contributed by atoms with Gasteiger partial charge in [0.1, 0.15) is 11.7 Å². The Labute approximate surface area is 221 Å². The van der Waals surface area contributed by atoms with Crippen molar-refractivity contribution in [3.8, 4) is 0 Å². The van der Waals surface area contributed by atoms with Crippen molar-refractivity contribution in [2.24, 2.45) is 5.92 Å². The Morgan fingerprint density at radius 2 is 1.89 bits per heavy atom. The second-order valence-electron chi connectivity index (χ2n) is 9.76. The molecule has 1 saturated heterocycles. The zero-order valence-electron chi connectivity index (χ0n) is 21.3. The summed E-state index contributed by atoms with van der Waals surface area (Å²) in [6, 6.07) is 10.0. The number of β-amino-alcohol motifs (C(OH)–C–C–N with tert-alkyl or cyclic N) is 1. The molecule has 2 amide bonds. The van der Waals surface area contributed by atoms with Gasteiger partial charge in [0.05, 0.1) is 12.1 Å². The third-order valence-corrected chi connectivity index (χ3v) is 8.15. The lowest BCUT2D eigenvalue weighted by Gasteiger charge is -2.27. The second kappa shape index (κ2) is 11.9. The van der Waals surface area contributed by atoms with Gasteiger partial charge in [0, 0.05) is 30.9 Å². The fourth-order valence-electron chi connectivity index (χ4n) is 4.42. The lowest BCUT2D eigenvalue weighted by Crippen LogP contribution is -2.54. The molecule has 1 aliphatic heterocycles. The summed E-state index contributed by atoms with van der Waals surface area (Å²) in [5.41, 5.74) is 0.569. The SMILES string of the molecule is CC(C)C[C@H](NC(=O)c1ccc2cccnc2n1)C(=O)NC1CCCN(S(=O)(=O)c2ccccn2)CC1O. The summed E-state index contributed by atoms with van der Waals surface area (Å²) in [4.78, 5) is 38.7. The van der Waals surface area contributed by atoms with Crippen molar-refractivity contribution in [2.75, 3.05) is 13.1 Å². The van der Waals surface area contributed by atoms with Gasteiger partial charge in [0.2, 0.25) is 5.91 Å². The van der Waals surface area contributed by atoms with E-state index in [-0.39, 0.29) is 29.7 Å². The lowest BCUT2D eigenvalue weighted by molar-refractivity contribution is -0.125. The largest absolute Gasteiger partial charge is 0.390 e. The van der Waals surface area contributed by atoms with E-state index in [0.717, 1.165) is 5.39 Å². The highest BCUT2D eigenvalue weighted by Crippen LogP contribution is 2.20. The number of rotatable bonds is 8. The molecule has 2 unspecified atom stereocenters.